The Labute approximate surface area is 129 Å². The molecular weight excluding hydrogens is 338 g/mol. The molecule has 0 spiro atoms. The van der Waals surface area contributed by atoms with Gasteiger partial charge in [0.15, 0.2) is 0 Å². The fourth-order valence-corrected chi connectivity index (χ4v) is 2.13. The molecule has 7 heteroatoms. The van der Waals surface area contributed by atoms with E-state index in [9.17, 15) is 14.7 Å². The number of aromatic nitrogens is 2. The molecule has 0 radical (unpaired) electrons. The number of carbonyl (C=O) groups excluding carboxylic acids is 1. The van der Waals surface area contributed by atoms with E-state index in [1.807, 2.05) is 0 Å². The van der Waals surface area contributed by atoms with Gasteiger partial charge in [0.1, 0.15) is 0 Å². The van der Waals surface area contributed by atoms with E-state index < -0.39 is 11.9 Å². The normalized spacial score (nSPS) is 10.2. The van der Waals surface area contributed by atoms with Crippen molar-refractivity contribution >= 4 is 33.5 Å². The largest absolute Gasteiger partial charge is 0.478 e. The van der Waals surface area contributed by atoms with Gasteiger partial charge in [-0.05, 0) is 38.1 Å². The number of carboxylic acids is 1. The first kappa shape index (κ1) is 15.1. The number of aryl methyl sites for hydroxylation is 2. The monoisotopic (exact) mass is 349 g/mol. The third-order valence-electron chi connectivity index (χ3n) is 2.81. The lowest BCUT2D eigenvalue weighted by Gasteiger charge is -2.10. The van der Waals surface area contributed by atoms with Crippen LogP contribution in [0, 0.1) is 13.8 Å². The summed E-state index contributed by atoms with van der Waals surface area (Å²) in [6, 6.07) is 6.23. The van der Waals surface area contributed by atoms with Gasteiger partial charge < -0.3 is 10.4 Å². The zero-order valence-corrected chi connectivity index (χ0v) is 12.9. The second-order valence-corrected chi connectivity index (χ2v) is 5.35. The summed E-state index contributed by atoms with van der Waals surface area (Å²) in [7, 11) is 0. The maximum atomic E-state index is 12.3. The van der Waals surface area contributed by atoms with Crippen LogP contribution in [0.4, 0.5) is 5.69 Å². The van der Waals surface area contributed by atoms with Crippen molar-refractivity contribution in [2.24, 2.45) is 0 Å². The Hall–Kier alpha value is -2.28. The van der Waals surface area contributed by atoms with E-state index in [0.717, 1.165) is 0 Å². The summed E-state index contributed by atoms with van der Waals surface area (Å²) in [5.74, 6) is -1.54. The van der Waals surface area contributed by atoms with Crippen molar-refractivity contribution in [2.45, 2.75) is 13.8 Å². The van der Waals surface area contributed by atoms with Crippen LogP contribution < -0.4 is 5.32 Å². The van der Waals surface area contributed by atoms with Crippen molar-refractivity contribution in [3.8, 4) is 0 Å². The first-order valence-electron chi connectivity index (χ1n) is 6.03. The van der Waals surface area contributed by atoms with Crippen molar-refractivity contribution in [1.29, 1.82) is 0 Å². The summed E-state index contributed by atoms with van der Waals surface area (Å²) >= 11 is 3.20. The number of nitrogens with zero attached hydrogens (tertiary/aromatic N) is 2. The number of rotatable bonds is 3. The van der Waals surface area contributed by atoms with Crippen LogP contribution in [0.25, 0.3) is 0 Å². The minimum Gasteiger partial charge on any atom is -0.478 e. The Morgan fingerprint density at radius 1 is 1.14 bits per heavy atom. The molecule has 0 atom stereocenters. The number of aromatic carboxylic acids is 1. The molecule has 0 aliphatic carbocycles. The Morgan fingerprint density at radius 3 is 2.52 bits per heavy atom. The third kappa shape index (κ3) is 3.43. The molecule has 2 aromatic rings. The molecule has 0 saturated carbocycles. The van der Waals surface area contributed by atoms with Crippen LogP contribution in [0.15, 0.2) is 28.7 Å². The number of amides is 1. The first-order chi connectivity index (χ1) is 9.88. The number of carbonyl (C=O) groups is 2. The van der Waals surface area contributed by atoms with Gasteiger partial charge in [0, 0.05) is 4.47 Å². The number of benzene rings is 1. The second-order valence-electron chi connectivity index (χ2n) is 4.43. The number of hydrogen-bond acceptors (Lipinski definition) is 4. The lowest BCUT2D eigenvalue weighted by molar-refractivity contribution is 0.0698. The van der Waals surface area contributed by atoms with E-state index in [4.69, 9.17) is 0 Å². The summed E-state index contributed by atoms with van der Waals surface area (Å²) in [6.45, 7) is 3.40. The molecule has 2 rings (SSSR count). The Morgan fingerprint density at radius 2 is 1.86 bits per heavy atom. The van der Waals surface area contributed by atoms with Crippen molar-refractivity contribution in [2.75, 3.05) is 5.32 Å². The summed E-state index contributed by atoms with van der Waals surface area (Å²) in [5.41, 5.74) is 1.69. The second kappa shape index (κ2) is 6.01. The van der Waals surface area contributed by atoms with E-state index in [-0.39, 0.29) is 11.3 Å². The molecular formula is C14H12BrN3O3. The third-order valence-corrected chi connectivity index (χ3v) is 3.30. The molecule has 6 nitrogen and oxygen atoms in total. The molecule has 0 fully saturated rings. The molecule has 0 saturated heterocycles. The van der Waals surface area contributed by atoms with Gasteiger partial charge in [-0.2, -0.15) is 10.2 Å². The van der Waals surface area contributed by atoms with E-state index in [2.05, 4.69) is 31.4 Å². The van der Waals surface area contributed by atoms with Crippen LogP contribution in [0.1, 0.15) is 32.1 Å². The van der Waals surface area contributed by atoms with E-state index in [1.54, 1.807) is 26.0 Å². The smallest absolute Gasteiger partial charge is 0.337 e. The fourth-order valence-electron chi connectivity index (χ4n) is 1.77. The number of nitrogens with one attached hydrogen (secondary N) is 1. The van der Waals surface area contributed by atoms with E-state index in [1.165, 1.54) is 12.1 Å². The molecule has 1 aromatic carbocycles. The molecule has 0 bridgehead atoms. The predicted octanol–water partition coefficient (Wildman–Crippen LogP) is 2.81. The van der Waals surface area contributed by atoms with Crippen LogP contribution >= 0.6 is 15.9 Å². The van der Waals surface area contributed by atoms with Gasteiger partial charge in [-0.25, -0.2) is 4.79 Å². The van der Waals surface area contributed by atoms with Crippen molar-refractivity contribution in [1.82, 2.24) is 10.2 Å². The molecule has 0 aliphatic rings. The summed E-state index contributed by atoms with van der Waals surface area (Å²) in [5, 5.41) is 19.5. The zero-order valence-electron chi connectivity index (χ0n) is 11.3. The topological polar surface area (TPSA) is 92.2 Å². The summed E-state index contributed by atoms with van der Waals surface area (Å²) in [6.07, 6.45) is 0. The zero-order chi connectivity index (χ0) is 15.6. The van der Waals surface area contributed by atoms with Crippen molar-refractivity contribution in [3.63, 3.8) is 0 Å². The minimum absolute atomic E-state index is 0.00844. The predicted molar refractivity (Wildman–Crippen MR) is 80.6 cm³/mol. The highest BCUT2D eigenvalue weighted by Gasteiger charge is 2.16. The highest BCUT2D eigenvalue weighted by atomic mass is 79.9. The quantitative estimate of drug-likeness (QED) is 0.888. The van der Waals surface area contributed by atoms with Gasteiger partial charge in [-0.15, -0.1) is 0 Å². The molecule has 1 heterocycles. The maximum absolute atomic E-state index is 12.3. The van der Waals surface area contributed by atoms with Gasteiger partial charge in [-0.1, -0.05) is 15.9 Å². The summed E-state index contributed by atoms with van der Waals surface area (Å²) < 4.78 is 0.621. The molecule has 2 N–H and O–H groups in total. The van der Waals surface area contributed by atoms with Crippen LogP contribution in [-0.2, 0) is 0 Å². The highest BCUT2D eigenvalue weighted by Crippen LogP contribution is 2.22. The van der Waals surface area contributed by atoms with Crippen LogP contribution in [0.2, 0.25) is 0 Å². The Bertz CT molecular complexity index is 731. The van der Waals surface area contributed by atoms with Crippen LogP contribution in [0.3, 0.4) is 0 Å². The average Bonchev–Trinajstić information content (AvgIpc) is 2.43. The molecule has 108 valence electrons. The molecule has 0 aliphatic heterocycles. The Balaban J connectivity index is 2.36. The maximum Gasteiger partial charge on any atom is 0.337 e. The number of hydrogen-bond donors (Lipinski definition) is 2. The molecule has 1 amide bonds. The van der Waals surface area contributed by atoms with Crippen LogP contribution in [0.5, 0.6) is 0 Å². The number of halogens is 1. The fraction of sp³-hybridized carbons (Fsp3) is 0.143. The lowest BCUT2D eigenvalue weighted by Crippen LogP contribution is -2.17. The van der Waals surface area contributed by atoms with Gasteiger partial charge in [0.2, 0.25) is 0 Å². The first-order valence-corrected chi connectivity index (χ1v) is 6.83. The van der Waals surface area contributed by atoms with Gasteiger partial charge in [0.25, 0.3) is 5.91 Å². The summed E-state index contributed by atoms with van der Waals surface area (Å²) in [4.78, 5) is 23.5. The molecule has 1 aromatic heterocycles. The number of anilines is 1. The van der Waals surface area contributed by atoms with Crippen molar-refractivity contribution < 1.29 is 14.7 Å². The van der Waals surface area contributed by atoms with Crippen LogP contribution in [-0.4, -0.2) is 27.2 Å². The average molecular weight is 350 g/mol. The molecule has 21 heavy (non-hydrogen) atoms. The van der Waals surface area contributed by atoms with Crippen molar-refractivity contribution in [3.05, 3.63) is 51.3 Å². The Kier molecular flexibility index (Phi) is 4.32. The minimum atomic E-state index is -1.12. The standard InChI is InChI=1S/C14H12BrN3O3/c1-7-5-10(8(2)18-17-7)13(19)16-12-4-3-9(15)6-11(12)14(20)21/h3-6H,1-2H3,(H,16,19)(H,20,21). The number of carboxylic acid groups (broad SMARTS) is 1. The van der Waals surface area contributed by atoms with Gasteiger partial charge >= 0.3 is 5.97 Å². The van der Waals surface area contributed by atoms with Gasteiger partial charge in [-0.3, -0.25) is 4.79 Å². The van der Waals surface area contributed by atoms with E-state index >= 15 is 0 Å². The molecule has 0 unspecified atom stereocenters. The van der Waals surface area contributed by atoms with E-state index in [0.29, 0.717) is 21.4 Å². The lowest BCUT2D eigenvalue weighted by atomic mass is 10.1. The highest BCUT2D eigenvalue weighted by molar-refractivity contribution is 9.10. The SMILES string of the molecule is Cc1cc(C(=O)Nc2ccc(Br)cc2C(=O)O)c(C)nn1. The van der Waals surface area contributed by atoms with Gasteiger partial charge in [0.05, 0.1) is 28.2 Å².